The molecule has 0 spiro atoms. The van der Waals surface area contributed by atoms with Crippen LogP contribution >= 0.6 is 11.8 Å². The van der Waals surface area contributed by atoms with Crippen LogP contribution in [0.5, 0.6) is 0 Å². The molecule has 0 aliphatic carbocycles. The quantitative estimate of drug-likeness (QED) is 0.371. The summed E-state index contributed by atoms with van der Waals surface area (Å²) in [7, 11) is 0. The van der Waals surface area contributed by atoms with Crippen LogP contribution in [0.4, 0.5) is 17.6 Å². The van der Waals surface area contributed by atoms with Gasteiger partial charge in [-0.25, -0.2) is 0 Å². The van der Waals surface area contributed by atoms with Gasteiger partial charge >= 0.3 is 0 Å². The number of para-hydroxylation sites is 1. The predicted molar refractivity (Wildman–Crippen MR) is 125 cm³/mol. The van der Waals surface area contributed by atoms with Gasteiger partial charge in [-0.05, 0) is 24.0 Å². The van der Waals surface area contributed by atoms with Gasteiger partial charge in [-0.1, -0.05) is 50.7 Å². The second-order valence-corrected chi connectivity index (χ2v) is 8.67. The van der Waals surface area contributed by atoms with Crippen molar-refractivity contribution in [3.63, 3.8) is 0 Å². The van der Waals surface area contributed by atoms with Crippen molar-refractivity contribution in [2.45, 2.75) is 57.5 Å². The fraction of sp³-hybridized carbons (Fsp3) is 0.429. The number of aryl methyl sites for hydroxylation is 2. The number of rotatable bonds is 11. The molecule has 0 fully saturated rings. The Morgan fingerprint density at radius 1 is 1.19 bits per heavy atom. The highest BCUT2D eigenvalue weighted by Gasteiger charge is 2.16. The zero-order valence-electron chi connectivity index (χ0n) is 18.6. The number of amides is 1. The average molecular weight is 456 g/mol. The maximum Gasteiger partial charge on any atom is 0.232 e. The summed E-state index contributed by atoms with van der Waals surface area (Å²) in [5.41, 5.74) is 13.3. The molecular formula is C21H29N9OS. The zero-order valence-corrected chi connectivity index (χ0v) is 19.4. The van der Waals surface area contributed by atoms with Gasteiger partial charge in [0.05, 0.1) is 5.75 Å². The molecule has 170 valence electrons. The molecule has 0 aliphatic rings. The Balaban J connectivity index is 1.76. The maximum absolute atomic E-state index is 11.2. The summed E-state index contributed by atoms with van der Waals surface area (Å²) in [6, 6.07) is 8.00. The van der Waals surface area contributed by atoms with Crippen molar-refractivity contribution >= 4 is 35.3 Å². The number of anilines is 3. The summed E-state index contributed by atoms with van der Waals surface area (Å²) in [6.45, 7) is 7.06. The molecular weight excluding hydrogens is 426 g/mol. The minimum absolute atomic E-state index is 0.151. The number of hydrogen-bond acceptors (Lipinski definition) is 9. The molecule has 1 amide bonds. The lowest BCUT2D eigenvalue weighted by molar-refractivity contribution is -0.118. The molecule has 0 unspecified atom stereocenters. The molecule has 0 saturated heterocycles. The molecule has 5 N–H and O–H groups in total. The molecule has 32 heavy (non-hydrogen) atoms. The third kappa shape index (κ3) is 6.39. The summed E-state index contributed by atoms with van der Waals surface area (Å²) in [4.78, 5) is 24.2. The molecule has 11 heteroatoms. The number of aromatic nitrogens is 6. The zero-order chi connectivity index (χ0) is 23.1. The molecule has 0 bridgehead atoms. The van der Waals surface area contributed by atoms with E-state index in [0.29, 0.717) is 29.9 Å². The van der Waals surface area contributed by atoms with Gasteiger partial charge in [0.15, 0.2) is 5.16 Å². The molecule has 2 heterocycles. The number of nitrogens with two attached hydrogens (primary N) is 2. The Hall–Kier alpha value is -3.21. The third-order valence-electron chi connectivity index (χ3n) is 4.61. The standard InChI is InChI=1S/C21H29N9OS/c1-4-14-7-5-6-8-15(14)24-20-26-17(25-19(23)27-20)12-32-21-29-28-18(10-9-16(22)31)30(21)11-13(2)3/h5-8,13H,4,9-12H2,1-3H3,(H2,22,31)(H3,23,24,25,26,27). The van der Waals surface area contributed by atoms with Gasteiger partial charge in [0, 0.05) is 25.1 Å². The topological polar surface area (TPSA) is 151 Å². The van der Waals surface area contributed by atoms with E-state index in [1.807, 2.05) is 22.8 Å². The average Bonchev–Trinajstić information content (AvgIpc) is 3.11. The number of nitrogens with one attached hydrogen (secondary N) is 1. The first-order valence-electron chi connectivity index (χ1n) is 10.5. The Morgan fingerprint density at radius 2 is 1.97 bits per heavy atom. The lowest BCUT2D eigenvalue weighted by atomic mass is 10.1. The van der Waals surface area contributed by atoms with Gasteiger partial charge in [-0.2, -0.15) is 15.0 Å². The van der Waals surface area contributed by atoms with Gasteiger partial charge in [0.2, 0.25) is 17.8 Å². The van der Waals surface area contributed by atoms with Gasteiger partial charge < -0.3 is 21.4 Å². The number of nitrogens with zero attached hydrogens (tertiary/aromatic N) is 6. The SMILES string of the molecule is CCc1ccccc1Nc1nc(N)nc(CSc2nnc(CCC(N)=O)n2CC(C)C)n1. The van der Waals surface area contributed by atoms with E-state index in [-0.39, 0.29) is 18.3 Å². The largest absolute Gasteiger partial charge is 0.370 e. The van der Waals surface area contributed by atoms with E-state index in [0.717, 1.165) is 35.2 Å². The summed E-state index contributed by atoms with van der Waals surface area (Å²) in [6.07, 6.45) is 1.58. The van der Waals surface area contributed by atoms with E-state index in [9.17, 15) is 4.79 Å². The van der Waals surface area contributed by atoms with Crippen molar-refractivity contribution in [3.8, 4) is 0 Å². The van der Waals surface area contributed by atoms with E-state index < -0.39 is 0 Å². The van der Waals surface area contributed by atoms with Crippen LogP contribution in [-0.2, 0) is 29.9 Å². The second-order valence-electron chi connectivity index (χ2n) is 7.73. The van der Waals surface area contributed by atoms with Crippen LogP contribution < -0.4 is 16.8 Å². The molecule has 0 saturated carbocycles. The second kappa shape index (κ2) is 10.9. The minimum atomic E-state index is -0.358. The van der Waals surface area contributed by atoms with Crippen LogP contribution in [0.15, 0.2) is 29.4 Å². The van der Waals surface area contributed by atoms with Crippen molar-refractivity contribution in [2.24, 2.45) is 11.7 Å². The highest BCUT2D eigenvalue weighted by atomic mass is 32.2. The van der Waals surface area contributed by atoms with Gasteiger partial charge in [-0.3, -0.25) is 4.79 Å². The van der Waals surface area contributed by atoms with Crippen LogP contribution in [-0.4, -0.2) is 35.6 Å². The lowest BCUT2D eigenvalue weighted by Gasteiger charge is -2.12. The first kappa shape index (κ1) is 23.5. The molecule has 3 rings (SSSR count). The van der Waals surface area contributed by atoms with Crippen LogP contribution in [0.25, 0.3) is 0 Å². The first-order chi connectivity index (χ1) is 15.4. The van der Waals surface area contributed by atoms with Crippen molar-refractivity contribution < 1.29 is 4.79 Å². The van der Waals surface area contributed by atoms with Crippen LogP contribution in [0.2, 0.25) is 0 Å². The number of thioether (sulfide) groups is 1. The van der Waals surface area contributed by atoms with Crippen LogP contribution in [0.3, 0.4) is 0 Å². The van der Waals surface area contributed by atoms with Crippen molar-refractivity contribution in [1.29, 1.82) is 0 Å². The molecule has 0 radical (unpaired) electrons. The van der Waals surface area contributed by atoms with Gasteiger partial charge in [-0.15, -0.1) is 10.2 Å². The predicted octanol–water partition coefficient (Wildman–Crippen LogP) is 2.72. The number of benzene rings is 1. The molecule has 10 nitrogen and oxygen atoms in total. The third-order valence-corrected chi connectivity index (χ3v) is 5.57. The number of carbonyl (C=O) groups is 1. The van der Waals surface area contributed by atoms with Gasteiger partial charge in [0.1, 0.15) is 11.6 Å². The van der Waals surface area contributed by atoms with Crippen molar-refractivity contribution in [3.05, 3.63) is 41.5 Å². The Kier molecular flexibility index (Phi) is 7.98. The van der Waals surface area contributed by atoms with Crippen molar-refractivity contribution in [2.75, 3.05) is 11.1 Å². The molecule has 0 aliphatic heterocycles. The van der Waals surface area contributed by atoms with Crippen LogP contribution in [0, 0.1) is 5.92 Å². The highest BCUT2D eigenvalue weighted by molar-refractivity contribution is 7.98. The number of carbonyl (C=O) groups excluding carboxylic acids is 1. The van der Waals surface area contributed by atoms with E-state index in [2.05, 4.69) is 57.3 Å². The maximum atomic E-state index is 11.2. The van der Waals surface area contributed by atoms with Crippen molar-refractivity contribution in [1.82, 2.24) is 29.7 Å². The van der Waals surface area contributed by atoms with E-state index >= 15 is 0 Å². The van der Waals surface area contributed by atoms with Crippen LogP contribution in [0.1, 0.15) is 44.4 Å². The fourth-order valence-corrected chi connectivity index (χ4v) is 3.97. The summed E-state index contributed by atoms with van der Waals surface area (Å²) in [5, 5.41) is 12.5. The van der Waals surface area contributed by atoms with E-state index in [4.69, 9.17) is 11.5 Å². The number of hydrogen-bond donors (Lipinski definition) is 3. The smallest absolute Gasteiger partial charge is 0.232 e. The monoisotopic (exact) mass is 455 g/mol. The molecule has 2 aromatic heterocycles. The summed E-state index contributed by atoms with van der Waals surface area (Å²) < 4.78 is 2.03. The van der Waals surface area contributed by atoms with E-state index in [1.165, 1.54) is 11.8 Å². The Bertz CT molecular complexity index is 1070. The minimum Gasteiger partial charge on any atom is -0.370 e. The van der Waals surface area contributed by atoms with Gasteiger partial charge in [0.25, 0.3) is 0 Å². The Morgan fingerprint density at radius 3 is 2.69 bits per heavy atom. The molecule has 3 aromatic rings. The summed E-state index contributed by atoms with van der Waals surface area (Å²) >= 11 is 1.47. The molecule has 0 atom stereocenters. The lowest BCUT2D eigenvalue weighted by Crippen LogP contribution is -2.15. The van der Waals surface area contributed by atoms with E-state index in [1.54, 1.807) is 0 Å². The molecule has 1 aromatic carbocycles. The summed E-state index contributed by atoms with van der Waals surface area (Å²) in [5.74, 6) is 2.31. The number of nitrogen functional groups attached to an aromatic ring is 1. The number of primary amides is 1. The first-order valence-corrected chi connectivity index (χ1v) is 11.5. The highest BCUT2D eigenvalue weighted by Crippen LogP contribution is 2.24. The fourth-order valence-electron chi connectivity index (χ4n) is 3.15. The Labute approximate surface area is 191 Å². The normalized spacial score (nSPS) is 11.1.